The van der Waals surface area contributed by atoms with Crippen LogP contribution in [0.15, 0.2) is 42.7 Å². The zero-order chi connectivity index (χ0) is 19.9. The van der Waals surface area contributed by atoms with E-state index in [4.69, 9.17) is 0 Å². The predicted molar refractivity (Wildman–Crippen MR) is 104 cm³/mol. The number of aryl methyl sites for hydroxylation is 1. The van der Waals surface area contributed by atoms with Gasteiger partial charge < -0.3 is 10.6 Å². The summed E-state index contributed by atoms with van der Waals surface area (Å²) in [6, 6.07) is 8.26. The van der Waals surface area contributed by atoms with Crippen molar-refractivity contribution in [3.63, 3.8) is 0 Å². The minimum absolute atomic E-state index is 0.156. The van der Waals surface area contributed by atoms with Crippen molar-refractivity contribution in [2.24, 2.45) is 0 Å². The molecule has 0 saturated heterocycles. The highest BCUT2D eigenvalue weighted by Gasteiger charge is 2.15. The lowest BCUT2D eigenvalue weighted by molar-refractivity contribution is -0.116. The Morgan fingerprint density at radius 1 is 1.14 bits per heavy atom. The van der Waals surface area contributed by atoms with Crippen molar-refractivity contribution in [1.29, 1.82) is 0 Å². The Labute approximate surface area is 162 Å². The van der Waals surface area contributed by atoms with E-state index >= 15 is 0 Å². The Bertz CT molecular complexity index is 968. The number of anilines is 1. The molecular weight excluding hydrogens is 361 g/mol. The maximum atomic E-state index is 12.8. The smallest absolute Gasteiger partial charge is 0.270 e. The van der Waals surface area contributed by atoms with Crippen LogP contribution in [0.5, 0.6) is 0 Å². The third kappa shape index (κ3) is 4.91. The first-order valence-electron chi connectivity index (χ1n) is 9.18. The number of unbranched alkanes of at least 4 members (excludes halogenated alkanes) is 2. The zero-order valence-electron chi connectivity index (χ0n) is 15.6. The molecule has 0 unspecified atom stereocenters. The number of nitrogens with one attached hydrogen (secondary N) is 2. The van der Waals surface area contributed by atoms with E-state index in [1.807, 2.05) is 31.3 Å². The van der Waals surface area contributed by atoms with Crippen LogP contribution in [0.3, 0.4) is 0 Å². The highest BCUT2D eigenvalue weighted by Crippen LogP contribution is 2.12. The highest BCUT2D eigenvalue weighted by molar-refractivity contribution is 5.94. The van der Waals surface area contributed by atoms with Crippen molar-refractivity contribution in [2.45, 2.75) is 32.6 Å². The number of rotatable bonds is 8. The highest BCUT2D eigenvalue weighted by atomic mass is 19.1. The van der Waals surface area contributed by atoms with E-state index in [1.165, 1.54) is 12.1 Å². The van der Waals surface area contributed by atoms with Crippen LogP contribution < -0.4 is 10.6 Å². The molecule has 28 heavy (non-hydrogen) atoms. The van der Waals surface area contributed by atoms with Crippen LogP contribution in [0.25, 0.3) is 5.65 Å². The number of pyridine rings is 2. The van der Waals surface area contributed by atoms with Gasteiger partial charge in [0.25, 0.3) is 5.91 Å². The molecule has 0 bridgehead atoms. The molecule has 0 saturated carbocycles. The number of fused-ring (bicyclic) bond motifs is 1. The first-order valence-corrected chi connectivity index (χ1v) is 9.18. The second-order valence-electron chi connectivity index (χ2n) is 6.45. The van der Waals surface area contributed by atoms with Gasteiger partial charge in [0.1, 0.15) is 23.0 Å². The number of halogens is 1. The summed E-state index contributed by atoms with van der Waals surface area (Å²) in [5.74, 6) is -0.429. The molecule has 0 atom stereocenters. The Morgan fingerprint density at radius 2 is 2.00 bits per heavy atom. The van der Waals surface area contributed by atoms with E-state index in [9.17, 15) is 14.0 Å². The molecule has 3 aromatic heterocycles. The minimum Gasteiger partial charge on any atom is -0.351 e. The van der Waals surface area contributed by atoms with Crippen molar-refractivity contribution in [2.75, 3.05) is 11.9 Å². The van der Waals surface area contributed by atoms with Crippen molar-refractivity contribution < 1.29 is 14.0 Å². The van der Waals surface area contributed by atoms with E-state index in [0.717, 1.165) is 24.7 Å². The Morgan fingerprint density at radius 3 is 2.79 bits per heavy atom. The standard InChI is InChI=1S/C20H22FN5O2/c1-14-19(26-12-6-4-7-17(26)24-14)20(28)22-11-5-2-3-8-18(27)25-16-10-9-15(21)13-23-16/h4,6-7,9-10,12-13H,2-3,5,8,11H2,1H3,(H,22,28)(H,23,25,27). The van der Waals surface area contributed by atoms with Gasteiger partial charge in [-0.25, -0.2) is 14.4 Å². The maximum Gasteiger partial charge on any atom is 0.270 e. The van der Waals surface area contributed by atoms with E-state index in [0.29, 0.717) is 36.6 Å². The van der Waals surface area contributed by atoms with Gasteiger partial charge in [0.05, 0.1) is 11.9 Å². The van der Waals surface area contributed by atoms with E-state index < -0.39 is 5.82 Å². The summed E-state index contributed by atoms with van der Waals surface area (Å²) in [6.07, 6.45) is 5.49. The number of hydrogen-bond acceptors (Lipinski definition) is 4. The summed E-state index contributed by atoms with van der Waals surface area (Å²) in [7, 11) is 0. The number of amides is 2. The van der Waals surface area contributed by atoms with Crippen molar-refractivity contribution in [3.8, 4) is 0 Å². The number of carbonyl (C=O) groups is 2. The predicted octanol–water partition coefficient (Wildman–Crippen LogP) is 3.11. The fourth-order valence-electron chi connectivity index (χ4n) is 2.92. The SMILES string of the molecule is Cc1nc2ccccn2c1C(=O)NCCCCCC(=O)Nc1ccc(F)cn1. The topological polar surface area (TPSA) is 88.4 Å². The van der Waals surface area contributed by atoms with Crippen LogP contribution in [0.1, 0.15) is 41.9 Å². The molecular formula is C20H22FN5O2. The van der Waals surface area contributed by atoms with Crippen LogP contribution in [-0.2, 0) is 4.79 Å². The molecule has 0 fully saturated rings. The van der Waals surface area contributed by atoms with Gasteiger partial charge in [0.2, 0.25) is 5.91 Å². The second kappa shape index (κ2) is 9.07. The first kappa shape index (κ1) is 19.5. The summed E-state index contributed by atoms with van der Waals surface area (Å²) >= 11 is 0. The average Bonchev–Trinajstić information content (AvgIpc) is 3.02. The third-order valence-electron chi connectivity index (χ3n) is 4.28. The minimum atomic E-state index is -0.445. The Hall–Kier alpha value is -3.29. The molecule has 146 valence electrons. The van der Waals surface area contributed by atoms with Gasteiger partial charge in [0.15, 0.2) is 0 Å². The molecule has 0 spiro atoms. The molecule has 8 heteroatoms. The van der Waals surface area contributed by atoms with Crippen molar-refractivity contribution >= 4 is 23.3 Å². The average molecular weight is 383 g/mol. The number of imidazole rings is 1. The van der Waals surface area contributed by atoms with Gasteiger partial charge in [-0.3, -0.25) is 14.0 Å². The molecule has 0 aliphatic rings. The van der Waals surface area contributed by atoms with Gasteiger partial charge in [0, 0.05) is 19.2 Å². The lowest BCUT2D eigenvalue weighted by Crippen LogP contribution is -2.26. The van der Waals surface area contributed by atoms with E-state index in [-0.39, 0.29) is 11.8 Å². The summed E-state index contributed by atoms with van der Waals surface area (Å²) < 4.78 is 14.6. The molecule has 2 amide bonds. The molecule has 2 N–H and O–H groups in total. The molecule has 0 aromatic carbocycles. The normalized spacial score (nSPS) is 10.8. The number of aromatic nitrogens is 3. The first-order chi connectivity index (χ1) is 13.5. The summed E-state index contributed by atoms with van der Waals surface area (Å²) in [5.41, 5.74) is 1.98. The Balaban J connectivity index is 1.36. The maximum absolute atomic E-state index is 12.8. The molecule has 3 aromatic rings. The number of carbonyl (C=O) groups excluding carboxylic acids is 2. The van der Waals surface area contributed by atoms with Crippen LogP contribution >= 0.6 is 0 Å². The van der Waals surface area contributed by atoms with Crippen molar-refractivity contribution in [1.82, 2.24) is 19.7 Å². The van der Waals surface area contributed by atoms with Crippen molar-refractivity contribution in [3.05, 3.63) is 59.9 Å². The van der Waals surface area contributed by atoms with Crippen LogP contribution in [0.4, 0.5) is 10.2 Å². The van der Waals surface area contributed by atoms with Crippen LogP contribution in [0.2, 0.25) is 0 Å². The van der Waals surface area contributed by atoms with Gasteiger partial charge in [-0.15, -0.1) is 0 Å². The molecule has 0 aliphatic carbocycles. The van der Waals surface area contributed by atoms with Gasteiger partial charge in [-0.1, -0.05) is 12.5 Å². The third-order valence-corrected chi connectivity index (χ3v) is 4.28. The quantitative estimate of drug-likeness (QED) is 0.585. The second-order valence-corrected chi connectivity index (χ2v) is 6.45. The van der Waals surface area contributed by atoms with Gasteiger partial charge in [-0.2, -0.15) is 0 Å². The number of nitrogens with zero attached hydrogens (tertiary/aromatic N) is 3. The monoisotopic (exact) mass is 383 g/mol. The molecule has 0 aliphatic heterocycles. The van der Waals surface area contributed by atoms with Crippen LogP contribution in [-0.4, -0.2) is 32.7 Å². The Kier molecular flexibility index (Phi) is 6.31. The van der Waals surface area contributed by atoms with E-state index in [1.54, 1.807) is 4.40 Å². The van der Waals surface area contributed by atoms with Crippen LogP contribution in [0, 0.1) is 12.7 Å². The molecule has 3 rings (SSSR count). The molecule has 3 heterocycles. The largest absolute Gasteiger partial charge is 0.351 e. The fourth-order valence-corrected chi connectivity index (χ4v) is 2.92. The summed E-state index contributed by atoms with van der Waals surface area (Å²) in [5, 5.41) is 5.53. The fraction of sp³-hybridized carbons (Fsp3) is 0.300. The van der Waals surface area contributed by atoms with Gasteiger partial charge in [-0.05, 0) is 44.0 Å². The summed E-state index contributed by atoms with van der Waals surface area (Å²) in [4.78, 5) is 32.4. The molecule has 0 radical (unpaired) electrons. The van der Waals surface area contributed by atoms with E-state index in [2.05, 4.69) is 20.6 Å². The number of hydrogen-bond donors (Lipinski definition) is 2. The summed E-state index contributed by atoms with van der Waals surface area (Å²) in [6.45, 7) is 2.34. The zero-order valence-corrected chi connectivity index (χ0v) is 15.6. The lowest BCUT2D eigenvalue weighted by atomic mass is 10.2. The lowest BCUT2D eigenvalue weighted by Gasteiger charge is -2.07. The molecule has 7 nitrogen and oxygen atoms in total. The van der Waals surface area contributed by atoms with Gasteiger partial charge >= 0.3 is 0 Å².